The predicted molar refractivity (Wildman–Crippen MR) is 84.2 cm³/mol. The maximum Gasteiger partial charge on any atom is 0.239 e. The Morgan fingerprint density at radius 1 is 1.48 bits per heavy atom. The quantitative estimate of drug-likeness (QED) is 0.910. The minimum absolute atomic E-state index is 0.0331. The van der Waals surface area contributed by atoms with Crippen LogP contribution in [0.4, 0.5) is 0 Å². The Morgan fingerprint density at radius 3 is 2.86 bits per heavy atom. The Morgan fingerprint density at radius 2 is 2.19 bits per heavy atom. The Kier molecular flexibility index (Phi) is 6.03. The van der Waals surface area contributed by atoms with Crippen LogP contribution >= 0.6 is 11.6 Å². The minimum atomic E-state index is -0.395. The molecule has 2 atom stereocenters. The molecule has 1 aliphatic rings. The van der Waals surface area contributed by atoms with E-state index in [9.17, 15) is 4.79 Å². The first-order chi connectivity index (χ1) is 10.1. The van der Waals surface area contributed by atoms with Crippen molar-refractivity contribution in [1.82, 2.24) is 4.90 Å². The molecule has 1 aromatic carbocycles. The van der Waals surface area contributed by atoms with Crippen LogP contribution < -0.4 is 5.73 Å². The highest BCUT2D eigenvalue weighted by molar-refractivity contribution is 6.30. The van der Waals surface area contributed by atoms with Gasteiger partial charge in [0.2, 0.25) is 5.91 Å². The smallest absolute Gasteiger partial charge is 0.239 e. The molecule has 1 aromatic rings. The first-order valence-electron chi connectivity index (χ1n) is 7.53. The highest BCUT2D eigenvalue weighted by Crippen LogP contribution is 2.24. The van der Waals surface area contributed by atoms with Gasteiger partial charge in [-0.05, 0) is 24.1 Å². The summed E-state index contributed by atoms with van der Waals surface area (Å²) >= 11 is 5.90. The molecule has 21 heavy (non-hydrogen) atoms. The van der Waals surface area contributed by atoms with Gasteiger partial charge in [0, 0.05) is 11.6 Å². The fraction of sp³-hybridized carbons (Fsp3) is 0.562. The van der Waals surface area contributed by atoms with Gasteiger partial charge >= 0.3 is 0 Å². The topological polar surface area (TPSA) is 55.6 Å². The van der Waals surface area contributed by atoms with Crippen molar-refractivity contribution in [2.24, 2.45) is 5.73 Å². The Labute approximate surface area is 131 Å². The summed E-state index contributed by atoms with van der Waals surface area (Å²) in [5, 5.41) is 0.698. The number of halogens is 1. The molecule has 5 heteroatoms. The van der Waals surface area contributed by atoms with E-state index in [1.54, 1.807) is 0 Å². The van der Waals surface area contributed by atoms with Crippen LogP contribution in [0, 0.1) is 0 Å². The largest absolute Gasteiger partial charge is 0.370 e. The molecule has 1 fully saturated rings. The van der Waals surface area contributed by atoms with Crippen molar-refractivity contribution in [1.29, 1.82) is 0 Å². The van der Waals surface area contributed by atoms with Gasteiger partial charge < -0.3 is 15.4 Å². The van der Waals surface area contributed by atoms with Crippen LogP contribution in [0.25, 0.3) is 0 Å². The third kappa shape index (κ3) is 4.43. The lowest BCUT2D eigenvalue weighted by Gasteiger charge is -2.34. The zero-order valence-electron chi connectivity index (χ0n) is 12.4. The standard InChI is InChI=1S/C16H23ClN2O2/c1-2-3-4-14(18)16(20)19-9-10-21-15(11-19)12-5-7-13(17)8-6-12/h5-8,14-15H,2-4,9-11,18H2,1H3/t14-,15?/m0/s1. The third-order valence-electron chi connectivity index (χ3n) is 3.81. The Bertz CT molecular complexity index is 464. The molecule has 0 bridgehead atoms. The summed E-state index contributed by atoms with van der Waals surface area (Å²) in [6.07, 6.45) is 2.69. The van der Waals surface area contributed by atoms with Gasteiger partial charge in [0.05, 0.1) is 19.2 Å². The van der Waals surface area contributed by atoms with Crippen molar-refractivity contribution in [3.05, 3.63) is 34.9 Å². The van der Waals surface area contributed by atoms with Gasteiger partial charge in [-0.15, -0.1) is 0 Å². The summed E-state index contributed by atoms with van der Waals surface area (Å²) in [4.78, 5) is 14.2. The van der Waals surface area contributed by atoms with Crippen LogP contribution in [0.5, 0.6) is 0 Å². The lowest BCUT2D eigenvalue weighted by Crippen LogP contribution is -2.49. The Balaban J connectivity index is 1.97. The minimum Gasteiger partial charge on any atom is -0.370 e. The average Bonchev–Trinajstić information content (AvgIpc) is 2.52. The molecule has 4 nitrogen and oxygen atoms in total. The molecule has 1 unspecified atom stereocenters. The molecule has 0 radical (unpaired) electrons. The number of amides is 1. The van der Waals surface area contributed by atoms with Crippen LogP contribution in [0.3, 0.4) is 0 Å². The van der Waals surface area contributed by atoms with E-state index < -0.39 is 6.04 Å². The van der Waals surface area contributed by atoms with Crippen LogP contribution in [0.2, 0.25) is 5.02 Å². The zero-order valence-corrected chi connectivity index (χ0v) is 13.2. The van der Waals surface area contributed by atoms with E-state index in [4.69, 9.17) is 22.1 Å². The van der Waals surface area contributed by atoms with Crippen molar-refractivity contribution in [2.75, 3.05) is 19.7 Å². The predicted octanol–water partition coefficient (Wildman–Crippen LogP) is 2.76. The number of hydrogen-bond acceptors (Lipinski definition) is 3. The number of hydrogen-bond donors (Lipinski definition) is 1. The number of nitrogens with zero attached hydrogens (tertiary/aromatic N) is 1. The molecule has 116 valence electrons. The van der Waals surface area contributed by atoms with Crippen molar-refractivity contribution in [3.63, 3.8) is 0 Å². The number of carbonyl (C=O) groups excluding carboxylic acids is 1. The van der Waals surface area contributed by atoms with E-state index in [1.807, 2.05) is 29.2 Å². The van der Waals surface area contributed by atoms with E-state index in [0.29, 0.717) is 24.7 Å². The van der Waals surface area contributed by atoms with Crippen molar-refractivity contribution in [2.45, 2.75) is 38.3 Å². The van der Waals surface area contributed by atoms with Gasteiger partial charge in [-0.1, -0.05) is 43.5 Å². The van der Waals surface area contributed by atoms with E-state index >= 15 is 0 Å². The van der Waals surface area contributed by atoms with Crippen LogP contribution in [-0.2, 0) is 9.53 Å². The van der Waals surface area contributed by atoms with Crippen LogP contribution in [0.1, 0.15) is 37.9 Å². The summed E-state index contributed by atoms with van der Waals surface area (Å²) in [6.45, 7) is 3.81. The number of carbonyl (C=O) groups is 1. The molecule has 1 amide bonds. The van der Waals surface area contributed by atoms with E-state index in [0.717, 1.165) is 24.8 Å². The maximum absolute atomic E-state index is 12.4. The summed E-state index contributed by atoms with van der Waals surface area (Å²) in [5.41, 5.74) is 7.03. The molecule has 0 aliphatic carbocycles. The summed E-state index contributed by atoms with van der Waals surface area (Å²) in [7, 11) is 0. The molecular weight excluding hydrogens is 288 g/mol. The lowest BCUT2D eigenvalue weighted by atomic mass is 10.1. The first-order valence-corrected chi connectivity index (χ1v) is 7.91. The van der Waals surface area contributed by atoms with Crippen molar-refractivity contribution >= 4 is 17.5 Å². The fourth-order valence-corrected chi connectivity index (χ4v) is 2.64. The molecule has 0 aromatic heterocycles. The molecule has 2 N–H and O–H groups in total. The highest BCUT2D eigenvalue weighted by Gasteiger charge is 2.28. The monoisotopic (exact) mass is 310 g/mol. The highest BCUT2D eigenvalue weighted by atomic mass is 35.5. The maximum atomic E-state index is 12.4. The molecule has 1 saturated heterocycles. The molecule has 0 saturated carbocycles. The van der Waals surface area contributed by atoms with Gasteiger partial charge in [-0.25, -0.2) is 0 Å². The van der Waals surface area contributed by atoms with Gasteiger partial charge in [0.15, 0.2) is 0 Å². The number of nitrogens with two attached hydrogens (primary N) is 1. The second-order valence-electron chi connectivity index (χ2n) is 5.44. The zero-order chi connectivity index (χ0) is 15.2. The summed E-state index contributed by atoms with van der Waals surface area (Å²) in [6, 6.07) is 7.17. The molecule has 1 heterocycles. The number of rotatable bonds is 5. The molecule has 0 spiro atoms. The SMILES string of the molecule is CCCC[C@H](N)C(=O)N1CCOC(c2ccc(Cl)cc2)C1. The second-order valence-corrected chi connectivity index (χ2v) is 5.88. The van der Waals surface area contributed by atoms with Gasteiger partial charge in [-0.2, -0.15) is 0 Å². The van der Waals surface area contributed by atoms with E-state index in [2.05, 4.69) is 6.92 Å². The first kappa shape index (κ1) is 16.3. The average molecular weight is 311 g/mol. The number of benzene rings is 1. The molecule has 2 rings (SSSR count). The van der Waals surface area contributed by atoms with Gasteiger partial charge in [0.25, 0.3) is 0 Å². The van der Waals surface area contributed by atoms with Crippen LogP contribution in [-0.4, -0.2) is 36.5 Å². The fourth-order valence-electron chi connectivity index (χ4n) is 2.51. The van der Waals surface area contributed by atoms with Crippen molar-refractivity contribution in [3.8, 4) is 0 Å². The second kappa shape index (κ2) is 7.78. The van der Waals surface area contributed by atoms with E-state index in [1.165, 1.54) is 0 Å². The normalized spacial score (nSPS) is 20.3. The van der Waals surface area contributed by atoms with Gasteiger partial charge in [-0.3, -0.25) is 4.79 Å². The number of morpholine rings is 1. The number of unbranched alkanes of at least 4 members (excludes halogenated alkanes) is 1. The Hall–Kier alpha value is -1.10. The molecular formula is C16H23ClN2O2. The third-order valence-corrected chi connectivity index (χ3v) is 4.06. The van der Waals surface area contributed by atoms with Crippen LogP contribution in [0.15, 0.2) is 24.3 Å². The lowest BCUT2D eigenvalue weighted by molar-refractivity contribution is -0.140. The van der Waals surface area contributed by atoms with Crippen molar-refractivity contribution < 1.29 is 9.53 Å². The summed E-state index contributed by atoms with van der Waals surface area (Å²) < 4.78 is 5.77. The number of ether oxygens (including phenoxy) is 1. The van der Waals surface area contributed by atoms with E-state index in [-0.39, 0.29) is 12.0 Å². The summed E-state index contributed by atoms with van der Waals surface area (Å²) in [5.74, 6) is 0.0331. The van der Waals surface area contributed by atoms with Gasteiger partial charge in [0.1, 0.15) is 6.10 Å². The molecule has 1 aliphatic heterocycles.